The maximum atomic E-state index is 12.1. The number of rotatable bonds is 2. The Hall–Kier alpha value is -1.95. The van der Waals surface area contributed by atoms with E-state index in [-0.39, 0.29) is 5.78 Å². The van der Waals surface area contributed by atoms with Gasteiger partial charge in [-0.3, -0.25) is 4.79 Å². The first-order valence-corrected chi connectivity index (χ1v) is 5.90. The third kappa shape index (κ3) is 2.31. The van der Waals surface area contributed by atoms with Gasteiger partial charge >= 0.3 is 5.97 Å². The first-order valence-electron chi connectivity index (χ1n) is 5.90. The number of hydrogen-bond acceptors (Lipinski definition) is 6. The number of ketones is 1. The fraction of sp³-hybridized carbons (Fsp3) is 0.462. The molecular weight excluding hydrogens is 248 g/mol. The number of carbonyl (C=O) groups is 2. The maximum Gasteiger partial charge on any atom is 0.337 e. The third-order valence-corrected chi connectivity index (χ3v) is 2.72. The number of hydroxylamine groups is 1. The Morgan fingerprint density at radius 2 is 2.11 bits per heavy atom. The number of carbonyl (C=O) groups excluding carboxylic acids is 2. The van der Waals surface area contributed by atoms with Crippen LogP contribution in [0.25, 0.3) is 0 Å². The van der Waals surface area contributed by atoms with Crippen molar-refractivity contribution in [3.05, 3.63) is 23.9 Å². The van der Waals surface area contributed by atoms with Crippen molar-refractivity contribution in [3.63, 3.8) is 0 Å². The summed E-state index contributed by atoms with van der Waals surface area (Å²) in [5, 5.41) is 1.13. The second-order valence-corrected chi connectivity index (χ2v) is 5.28. The molecule has 0 bridgehead atoms. The van der Waals surface area contributed by atoms with Crippen LogP contribution in [0.2, 0.25) is 0 Å². The van der Waals surface area contributed by atoms with E-state index < -0.39 is 17.6 Å². The van der Waals surface area contributed by atoms with Crippen LogP contribution < -0.4 is 5.06 Å². The highest BCUT2D eigenvalue weighted by Crippen LogP contribution is 2.31. The fourth-order valence-electron chi connectivity index (χ4n) is 1.64. The average Bonchev–Trinajstić information content (AvgIpc) is 2.62. The predicted octanol–water partition coefficient (Wildman–Crippen LogP) is 1.56. The van der Waals surface area contributed by atoms with Crippen molar-refractivity contribution in [2.45, 2.75) is 27.0 Å². The molecule has 2 heterocycles. The summed E-state index contributed by atoms with van der Waals surface area (Å²) in [6.07, 6.45) is 0.554. The number of ether oxygens (including phenoxy) is 1. The molecule has 1 atom stereocenters. The molecule has 2 rings (SSSR count). The summed E-state index contributed by atoms with van der Waals surface area (Å²) in [5.74, 6) is -0.426. The molecule has 6 heteroatoms. The molecule has 1 aromatic rings. The molecule has 0 fully saturated rings. The molecule has 0 saturated heterocycles. The number of fused-ring (bicyclic) bond motifs is 1. The third-order valence-electron chi connectivity index (χ3n) is 2.72. The molecule has 19 heavy (non-hydrogen) atoms. The van der Waals surface area contributed by atoms with Crippen molar-refractivity contribution in [2.24, 2.45) is 5.41 Å². The van der Waals surface area contributed by atoms with Gasteiger partial charge in [-0.05, 0) is 32.9 Å². The van der Waals surface area contributed by atoms with Crippen LogP contribution in [0.5, 0.6) is 0 Å². The lowest BCUT2D eigenvalue weighted by Gasteiger charge is -2.25. The molecule has 102 valence electrons. The largest absolute Gasteiger partial charge is 0.352 e. The van der Waals surface area contributed by atoms with E-state index in [1.165, 1.54) is 13.3 Å². The number of anilines is 1. The first kappa shape index (κ1) is 13.5. The summed E-state index contributed by atoms with van der Waals surface area (Å²) in [6, 6.07) is 3.28. The van der Waals surface area contributed by atoms with Gasteiger partial charge in [0.05, 0.1) is 11.0 Å². The summed E-state index contributed by atoms with van der Waals surface area (Å²) in [6.45, 7) is 5.19. The quantitative estimate of drug-likeness (QED) is 0.807. The minimum atomic E-state index is -0.976. The Balaban J connectivity index is 2.33. The molecule has 1 aromatic heterocycles. The van der Waals surface area contributed by atoms with E-state index in [1.807, 2.05) is 0 Å². The number of methoxy groups -OCH3 is 1. The standard InChI is InChI=1S/C13H16N2O4/c1-13(2,3)12(17)19-15-10-8(6-5-7-14-10)9(16)11(15)18-4/h5-7,11H,1-4H3. The van der Waals surface area contributed by atoms with Crippen molar-refractivity contribution in [2.75, 3.05) is 12.2 Å². The number of Topliss-reactive ketones (excluding diaryl/α,β-unsaturated/α-hetero) is 1. The van der Waals surface area contributed by atoms with Gasteiger partial charge in [0, 0.05) is 13.3 Å². The second-order valence-electron chi connectivity index (χ2n) is 5.28. The van der Waals surface area contributed by atoms with E-state index in [0.717, 1.165) is 5.06 Å². The molecule has 0 aliphatic carbocycles. The summed E-state index contributed by atoms with van der Waals surface area (Å²) in [7, 11) is 1.38. The van der Waals surface area contributed by atoms with Gasteiger partial charge in [-0.15, -0.1) is 5.06 Å². The predicted molar refractivity (Wildman–Crippen MR) is 67.4 cm³/mol. The Labute approximate surface area is 111 Å². The molecular formula is C13H16N2O4. The molecule has 1 aliphatic rings. The normalized spacial score (nSPS) is 18.4. The van der Waals surface area contributed by atoms with E-state index in [0.29, 0.717) is 11.4 Å². The van der Waals surface area contributed by atoms with E-state index in [9.17, 15) is 9.59 Å². The Kier molecular flexibility index (Phi) is 3.28. The van der Waals surface area contributed by atoms with Crippen LogP contribution in [0.1, 0.15) is 31.1 Å². The van der Waals surface area contributed by atoms with E-state index >= 15 is 0 Å². The van der Waals surface area contributed by atoms with Gasteiger partial charge in [-0.1, -0.05) is 0 Å². The SMILES string of the molecule is COC1C(=O)c2cccnc2N1OC(=O)C(C)(C)C. The molecule has 0 amide bonds. The minimum Gasteiger partial charge on any atom is -0.352 e. The molecule has 1 unspecified atom stereocenters. The molecule has 0 radical (unpaired) electrons. The molecule has 1 aliphatic heterocycles. The van der Waals surface area contributed by atoms with Crippen molar-refractivity contribution in [1.82, 2.24) is 4.98 Å². The number of aromatic nitrogens is 1. The van der Waals surface area contributed by atoms with Gasteiger partial charge in [-0.2, -0.15) is 0 Å². The molecule has 0 N–H and O–H groups in total. The monoisotopic (exact) mass is 264 g/mol. The summed E-state index contributed by atoms with van der Waals surface area (Å²) >= 11 is 0. The zero-order valence-corrected chi connectivity index (χ0v) is 11.3. The van der Waals surface area contributed by atoms with E-state index in [1.54, 1.807) is 32.9 Å². The van der Waals surface area contributed by atoms with Crippen molar-refractivity contribution >= 4 is 17.6 Å². The van der Waals surface area contributed by atoms with Crippen LogP contribution in [-0.4, -0.2) is 30.1 Å². The lowest BCUT2D eigenvalue weighted by atomic mass is 9.98. The van der Waals surface area contributed by atoms with Gasteiger partial charge in [0.25, 0.3) is 0 Å². The van der Waals surface area contributed by atoms with Gasteiger partial charge in [0.15, 0.2) is 5.82 Å². The smallest absolute Gasteiger partial charge is 0.337 e. The zero-order valence-electron chi connectivity index (χ0n) is 11.3. The fourth-order valence-corrected chi connectivity index (χ4v) is 1.64. The van der Waals surface area contributed by atoms with Crippen molar-refractivity contribution in [1.29, 1.82) is 0 Å². The lowest BCUT2D eigenvalue weighted by molar-refractivity contribution is -0.158. The molecule has 0 aromatic carbocycles. The average molecular weight is 264 g/mol. The van der Waals surface area contributed by atoms with Crippen LogP contribution in [0.4, 0.5) is 5.82 Å². The topological polar surface area (TPSA) is 68.7 Å². The van der Waals surface area contributed by atoms with Crippen LogP contribution >= 0.6 is 0 Å². The summed E-state index contributed by atoms with van der Waals surface area (Å²) < 4.78 is 5.09. The zero-order chi connectivity index (χ0) is 14.2. The Morgan fingerprint density at radius 1 is 1.42 bits per heavy atom. The van der Waals surface area contributed by atoms with Gasteiger partial charge < -0.3 is 9.57 Å². The van der Waals surface area contributed by atoms with E-state index in [2.05, 4.69) is 4.98 Å². The van der Waals surface area contributed by atoms with Crippen LogP contribution in [-0.2, 0) is 14.4 Å². The molecule has 0 spiro atoms. The highest BCUT2D eigenvalue weighted by atomic mass is 16.7. The highest BCUT2D eigenvalue weighted by Gasteiger charge is 2.42. The van der Waals surface area contributed by atoms with Crippen LogP contribution in [0, 0.1) is 5.41 Å². The van der Waals surface area contributed by atoms with Crippen molar-refractivity contribution < 1.29 is 19.2 Å². The van der Waals surface area contributed by atoms with Gasteiger partial charge in [0.2, 0.25) is 12.0 Å². The highest BCUT2D eigenvalue weighted by molar-refractivity contribution is 6.09. The number of hydrogen-bond donors (Lipinski definition) is 0. The lowest BCUT2D eigenvalue weighted by Crippen LogP contribution is -2.41. The minimum absolute atomic E-state index is 0.271. The van der Waals surface area contributed by atoms with Gasteiger partial charge in [-0.25, -0.2) is 9.78 Å². The summed E-state index contributed by atoms with van der Waals surface area (Å²) in [5.41, 5.74) is -0.296. The Morgan fingerprint density at radius 3 is 2.68 bits per heavy atom. The Bertz CT molecular complexity index is 522. The van der Waals surface area contributed by atoms with Crippen LogP contribution in [0.3, 0.4) is 0 Å². The number of nitrogens with zero attached hydrogens (tertiary/aromatic N) is 2. The molecule has 6 nitrogen and oxygen atoms in total. The summed E-state index contributed by atoms with van der Waals surface area (Å²) in [4.78, 5) is 33.3. The van der Waals surface area contributed by atoms with Gasteiger partial charge in [0.1, 0.15) is 0 Å². The first-order chi connectivity index (χ1) is 8.86. The van der Waals surface area contributed by atoms with Crippen molar-refractivity contribution in [3.8, 4) is 0 Å². The second kappa shape index (κ2) is 4.62. The van der Waals surface area contributed by atoms with E-state index in [4.69, 9.17) is 9.57 Å². The maximum absolute atomic E-state index is 12.1. The van der Waals surface area contributed by atoms with Crippen LogP contribution in [0.15, 0.2) is 18.3 Å². The molecule has 0 saturated carbocycles. The number of pyridine rings is 1.